The van der Waals surface area contributed by atoms with E-state index in [-0.39, 0.29) is 11.5 Å². The highest BCUT2D eigenvalue weighted by atomic mass is 15.3. The lowest BCUT2D eigenvalue weighted by molar-refractivity contribution is 0.187. The molecule has 0 amide bonds. The van der Waals surface area contributed by atoms with E-state index in [1.807, 2.05) is 30.6 Å². The molecular formula is C27H27N9. The Bertz CT molecular complexity index is 1510. The number of nitrogens with zero attached hydrogens (tertiary/aromatic N) is 7. The standard InChI is InChI=1S/C27H27N9/c28-15-17-4-1-5-18-19(17)14-27(24(18)29)8-12-35(13-9-27)22-16-31-23-25(32-22)33-34-26(23)36-11-3-6-20-21(36)7-2-10-30-20/h1-2,4-5,7,10,16,24H,3,6,8-9,11-14,29H2,(H,32,33,34). The topological polar surface area (TPSA) is 124 Å². The van der Waals surface area contributed by atoms with Gasteiger partial charge in [0.05, 0.1) is 29.2 Å². The number of nitriles is 1. The molecule has 1 aliphatic carbocycles. The number of anilines is 3. The fraction of sp³-hybridized carbons (Fsp3) is 0.370. The van der Waals surface area contributed by atoms with E-state index in [0.29, 0.717) is 5.65 Å². The summed E-state index contributed by atoms with van der Waals surface area (Å²) in [6.07, 6.45) is 8.51. The van der Waals surface area contributed by atoms with Gasteiger partial charge in [-0.25, -0.2) is 9.97 Å². The van der Waals surface area contributed by atoms with Gasteiger partial charge < -0.3 is 15.5 Å². The Labute approximate surface area is 209 Å². The van der Waals surface area contributed by atoms with Crippen molar-refractivity contribution >= 4 is 28.5 Å². The summed E-state index contributed by atoms with van der Waals surface area (Å²) in [6, 6.07) is 12.3. The number of H-pyrrole nitrogens is 1. The van der Waals surface area contributed by atoms with E-state index >= 15 is 0 Å². The van der Waals surface area contributed by atoms with E-state index in [1.54, 1.807) is 0 Å². The van der Waals surface area contributed by atoms with E-state index in [4.69, 9.17) is 15.7 Å². The van der Waals surface area contributed by atoms with Gasteiger partial charge in [0.2, 0.25) is 0 Å². The molecule has 1 aromatic carbocycles. The largest absolute Gasteiger partial charge is 0.355 e. The fourth-order valence-electron chi connectivity index (χ4n) is 6.39. The number of aromatic nitrogens is 5. The lowest BCUT2D eigenvalue weighted by Crippen LogP contribution is -2.44. The number of pyridine rings is 1. The number of rotatable bonds is 2. The van der Waals surface area contributed by atoms with Crippen LogP contribution in [0.25, 0.3) is 11.2 Å². The van der Waals surface area contributed by atoms with Crippen molar-refractivity contribution in [3.05, 3.63) is 65.1 Å². The van der Waals surface area contributed by atoms with Crippen molar-refractivity contribution in [3.63, 3.8) is 0 Å². The van der Waals surface area contributed by atoms with E-state index < -0.39 is 0 Å². The van der Waals surface area contributed by atoms with Crippen LogP contribution in [-0.2, 0) is 12.8 Å². The first kappa shape index (κ1) is 21.3. The molecule has 9 nitrogen and oxygen atoms in total. The van der Waals surface area contributed by atoms with Crippen molar-refractivity contribution in [1.29, 1.82) is 5.26 Å². The van der Waals surface area contributed by atoms with Gasteiger partial charge in [-0.05, 0) is 66.8 Å². The second-order valence-corrected chi connectivity index (χ2v) is 10.2. The van der Waals surface area contributed by atoms with Crippen molar-refractivity contribution in [1.82, 2.24) is 25.1 Å². The van der Waals surface area contributed by atoms with Crippen LogP contribution in [0.3, 0.4) is 0 Å². The van der Waals surface area contributed by atoms with E-state index in [9.17, 15) is 5.26 Å². The SMILES string of the molecule is N#Cc1cccc2c1CC1(CCN(c3cnc4c(N5CCCc6ncccc65)n[nH]c4n3)CC1)C2N. The van der Waals surface area contributed by atoms with Crippen LogP contribution in [0.15, 0.2) is 42.7 Å². The van der Waals surface area contributed by atoms with E-state index in [0.717, 1.165) is 97.0 Å². The smallest absolute Gasteiger partial charge is 0.183 e. The number of hydrogen-bond donors (Lipinski definition) is 2. The van der Waals surface area contributed by atoms with Gasteiger partial charge >= 0.3 is 0 Å². The van der Waals surface area contributed by atoms with E-state index in [2.05, 4.69) is 43.2 Å². The average molecular weight is 478 g/mol. The molecule has 0 bridgehead atoms. The summed E-state index contributed by atoms with van der Waals surface area (Å²) >= 11 is 0. The maximum Gasteiger partial charge on any atom is 0.183 e. The van der Waals surface area contributed by atoms with Gasteiger partial charge in [-0.2, -0.15) is 10.4 Å². The van der Waals surface area contributed by atoms with E-state index in [1.165, 1.54) is 0 Å². The molecule has 9 heteroatoms. The number of nitrogens with one attached hydrogen (secondary N) is 1. The highest BCUT2D eigenvalue weighted by Gasteiger charge is 2.46. The van der Waals surface area contributed by atoms with Gasteiger partial charge in [-0.1, -0.05) is 12.1 Å². The zero-order chi connectivity index (χ0) is 24.3. The summed E-state index contributed by atoms with van der Waals surface area (Å²) < 4.78 is 0. The third kappa shape index (κ3) is 3.11. The molecule has 0 saturated carbocycles. The molecule has 180 valence electrons. The molecule has 1 saturated heterocycles. The van der Waals surface area contributed by atoms with Crippen LogP contribution < -0.4 is 15.5 Å². The number of hydrogen-bond acceptors (Lipinski definition) is 8. The zero-order valence-electron chi connectivity index (χ0n) is 20.0. The van der Waals surface area contributed by atoms with Gasteiger partial charge in [0.1, 0.15) is 5.82 Å². The van der Waals surface area contributed by atoms with Crippen molar-refractivity contribution in [3.8, 4) is 6.07 Å². The van der Waals surface area contributed by atoms with Crippen LogP contribution in [0, 0.1) is 16.7 Å². The molecule has 7 rings (SSSR count). The Morgan fingerprint density at radius 2 is 2.00 bits per heavy atom. The van der Waals surface area contributed by atoms with Crippen LogP contribution in [0.1, 0.15) is 47.7 Å². The molecule has 2 aliphatic heterocycles. The number of benzene rings is 1. The Balaban J connectivity index is 1.13. The van der Waals surface area contributed by atoms with Crippen molar-refractivity contribution in [2.45, 2.75) is 38.1 Å². The molecule has 3 aromatic heterocycles. The first-order chi connectivity index (χ1) is 17.7. The Hall–Kier alpha value is -4.03. The molecule has 1 unspecified atom stereocenters. The molecule has 0 radical (unpaired) electrons. The van der Waals surface area contributed by atoms with Crippen molar-refractivity contribution in [2.24, 2.45) is 11.1 Å². The predicted octanol–water partition coefficient (Wildman–Crippen LogP) is 3.55. The van der Waals surface area contributed by atoms with Gasteiger partial charge in [0.25, 0.3) is 0 Å². The molecule has 1 fully saturated rings. The molecule has 36 heavy (non-hydrogen) atoms. The number of aromatic amines is 1. The number of piperidine rings is 1. The third-order valence-corrected chi connectivity index (χ3v) is 8.39. The van der Waals surface area contributed by atoms with Gasteiger partial charge in [-0.3, -0.25) is 10.1 Å². The summed E-state index contributed by atoms with van der Waals surface area (Å²) in [5.74, 6) is 1.66. The van der Waals surface area contributed by atoms with Crippen LogP contribution in [-0.4, -0.2) is 44.8 Å². The summed E-state index contributed by atoms with van der Waals surface area (Å²) in [4.78, 5) is 18.7. The van der Waals surface area contributed by atoms with Gasteiger partial charge in [0, 0.05) is 31.9 Å². The molecule has 3 aliphatic rings. The lowest BCUT2D eigenvalue weighted by Gasteiger charge is -2.42. The summed E-state index contributed by atoms with van der Waals surface area (Å²) in [6.45, 7) is 2.60. The monoisotopic (exact) mass is 477 g/mol. The predicted molar refractivity (Wildman–Crippen MR) is 137 cm³/mol. The average Bonchev–Trinajstić information content (AvgIpc) is 3.47. The fourth-order valence-corrected chi connectivity index (χ4v) is 6.39. The summed E-state index contributed by atoms with van der Waals surface area (Å²) in [5, 5.41) is 17.3. The third-order valence-electron chi connectivity index (χ3n) is 8.39. The normalized spacial score (nSPS) is 20.4. The quantitative estimate of drug-likeness (QED) is 0.449. The minimum absolute atomic E-state index is 0.000161. The highest BCUT2D eigenvalue weighted by molar-refractivity contribution is 5.87. The van der Waals surface area contributed by atoms with Crippen LogP contribution in [0.2, 0.25) is 0 Å². The molecule has 3 N–H and O–H groups in total. The van der Waals surface area contributed by atoms with Gasteiger partial charge in [0.15, 0.2) is 17.0 Å². The second-order valence-electron chi connectivity index (χ2n) is 10.2. The molecule has 5 heterocycles. The molecule has 1 atom stereocenters. The Morgan fingerprint density at radius 1 is 1.11 bits per heavy atom. The maximum atomic E-state index is 9.56. The second kappa shape index (κ2) is 8.00. The Morgan fingerprint density at radius 3 is 2.86 bits per heavy atom. The molecule has 1 spiro atoms. The maximum absolute atomic E-state index is 9.56. The summed E-state index contributed by atoms with van der Waals surface area (Å²) in [5.41, 5.74) is 13.5. The lowest BCUT2D eigenvalue weighted by atomic mass is 9.73. The molecule has 4 aromatic rings. The minimum atomic E-state index is -0.0337. The zero-order valence-corrected chi connectivity index (χ0v) is 20.0. The number of fused-ring (bicyclic) bond motifs is 3. The van der Waals surface area contributed by atoms with Crippen molar-refractivity contribution in [2.75, 3.05) is 29.4 Å². The minimum Gasteiger partial charge on any atom is -0.355 e. The summed E-state index contributed by atoms with van der Waals surface area (Å²) in [7, 11) is 0. The van der Waals surface area contributed by atoms with Crippen LogP contribution in [0.4, 0.5) is 17.3 Å². The first-order valence-electron chi connectivity index (χ1n) is 12.6. The first-order valence-corrected chi connectivity index (χ1v) is 12.6. The van der Waals surface area contributed by atoms with Crippen molar-refractivity contribution < 1.29 is 0 Å². The Kier molecular flexibility index (Phi) is 4.73. The number of nitrogens with two attached hydrogens (primary N) is 1. The van der Waals surface area contributed by atoms with Crippen LogP contribution >= 0.6 is 0 Å². The number of aryl methyl sites for hydroxylation is 1. The van der Waals surface area contributed by atoms with Gasteiger partial charge in [-0.15, -0.1) is 0 Å². The molecular weight excluding hydrogens is 450 g/mol. The highest BCUT2D eigenvalue weighted by Crippen LogP contribution is 2.51. The van der Waals surface area contributed by atoms with Crippen LogP contribution in [0.5, 0.6) is 0 Å².